The summed E-state index contributed by atoms with van der Waals surface area (Å²) in [5.41, 5.74) is 6.08. The van der Waals surface area contributed by atoms with Crippen LogP contribution in [-0.4, -0.2) is 43.1 Å². The quantitative estimate of drug-likeness (QED) is 0.835. The molecule has 1 atom stereocenters. The maximum atomic E-state index is 11.7. The van der Waals surface area contributed by atoms with Gasteiger partial charge in [0, 0.05) is 30.9 Å². The number of hydrogen-bond donors (Lipinski definition) is 1. The Morgan fingerprint density at radius 1 is 1.71 bits per heavy atom. The average Bonchev–Trinajstić information content (AvgIpc) is 2.76. The molecule has 0 aromatic carbocycles. The fourth-order valence-electron chi connectivity index (χ4n) is 1.68. The van der Waals surface area contributed by atoms with E-state index in [2.05, 4.69) is 4.98 Å². The van der Waals surface area contributed by atoms with Crippen LogP contribution in [0.15, 0.2) is 10.7 Å². The number of thioether (sulfide) groups is 1. The first-order valence-electron chi connectivity index (χ1n) is 5.20. The molecule has 1 aromatic heterocycles. The van der Waals surface area contributed by atoms with Crippen molar-refractivity contribution in [2.45, 2.75) is 11.9 Å². The molecule has 1 aliphatic rings. The Morgan fingerprint density at radius 2 is 2.47 bits per heavy atom. The van der Waals surface area contributed by atoms with Crippen LogP contribution in [0.4, 0.5) is 6.01 Å². The molecular weight excluding hydrogens is 262 g/mol. The van der Waals surface area contributed by atoms with Gasteiger partial charge in [0.15, 0.2) is 9.84 Å². The van der Waals surface area contributed by atoms with E-state index in [1.54, 1.807) is 16.7 Å². The van der Waals surface area contributed by atoms with Gasteiger partial charge in [0.1, 0.15) is 11.6 Å². The number of nitrogens with two attached hydrogens (primary N) is 1. The molecule has 0 aliphatic carbocycles. The van der Waals surface area contributed by atoms with Crippen molar-refractivity contribution < 1.29 is 12.8 Å². The van der Waals surface area contributed by atoms with E-state index in [1.165, 1.54) is 12.5 Å². The fourth-order valence-corrected chi connectivity index (χ4v) is 4.49. The van der Waals surface area contributed by atoms with Crippen LogP contribution in [0.1, 0.15) is 5.69 Å². The van der Waals surface area contributed by atoms with Crippen molar-refractivity contribution in [3.8, 4) is 0 Å². The highest BCUT2D eigenvalue weighted by molar-refractivity contribution is 8.01. The highest BCUT2D eigenvalue weighted by Crippen LogP contribution is 2.26. The van der Waals surface area contributed by atoms with Crippen LogP contribution in [0.3, 0.4) is 0 Å². The number of nitrogens with zero attached hydrogens (tertiary/aromatic N) is 2. The lowest BCUT2D eigenvalue weighted by Crippen LogP contribution is -2.47. The first-order chi connectivity index (χ1) is 8.02. The molecule has 96 valence electrons. The molecular formula is C9H15N3O3S2. The summed E-state index contributed by atoms with van der Waals surface area (Å²) in [5, 5.41) is -0.564. The van der Waals surface area contributed by atoms with Crippen molar-refractivity contribution in [1.29, 1.82) is 0 Å². The monoisotopic (exact) mass is 277 g/mol. The zero-order valence-corrected chi connectivity index (χ0v) is 11.1. The van der Waals surface area contributed by atoms with Crippen LogP contribution in [0.2, 0.25) is 0 Å². The highest BCUT2D eigenvalue weighted by atomic mass is 32.2. The number of sulfone groups is 1. The van der Waals surface area contributed by atoms with E-state index in [0.717, 1.165) is 5.75 Å². The van der Waals surface area contributed by atoms with Crippen molar-refractivity contribution in [3.63, 3.8) is 0 Å². The number of hydrogen-bond acceptors (Lipinski definition) is 7. The Balaban J connectivity index is 2.27. The zero-order valence-electron chi connectivity index (χ0n) is 9.50. The second kappa shape index (κ2) is 4.87. The summed E-state index contributed by atoms with van der Waals surface area (Å²) in [6.07, 6.45) is 2.71. The normalized spacial score (nSPS) is 21.8. The first kappa shape index (κ1) is 12.7. The van der Waals surface area contributed by atoms with E-state index >= 15 is 0 Å². The van der Waals surface area contributed by atoms with Gasteiger partial charge in [0.05, 0.1) is 5.69 Å². The molecule has 2 N–H and O–H groups in total. The van der Waals surface area contributed by atoms with Crippen LogP contribution < -0.4 is 10.6 Å². The largest absolute Gasteiger partial charge is 0.432 e. The van der Waals surface area contributed by atoms with E-state index < -0.39 is 15.2 Å². The first-order valence-corrected chi connectivity index (χ1v) is 8.31. The van der Waals surface area contributed by atoms with Crippen LogP contribution in [0.5, 0.6) is 0 Å². The van der Waals surface area contributed by atoms with Crippen molar-refractivity contribution in [2.24, 2.45) is 5.73 Å². The minimum Gasteiger partial charge on any atom is -0.432 e. The van der Waals surface area contributed by atoms with Crippen LogP contribution in [0, 0.1) is 0 Å². The Kier molecular flexibility index (Phi) is 3.64. The van der Waals surface area contributed by atoms with Crippen molar-refractivity contribution in [3.05, 3.63) is 12.0 Å². The molecule has 0 radical (unpaired) electrons. The third kappa shape index (κ3) is 2.75. The molecule has 2 heterocycles. The molecule has 6 nitrogen and oxygen atoms in total. The van der Waals surface area contributed by atoms with E-state index in [-0.39, 0.29) is 6.54 Å². The molecule has 8 heteroatoms. The summed E-state index contributed by atoms with van der Waals surface area (Å²) < 4.78 is 28.7. The van der Waals surface area contributed by atoms with Gasteiger partial charge in [-0.2, -0.15) is 16.7 Å². The second-order valence-electron chi connectivity index (χ2n) is 3.88. The van der Waals surface area contributed by atoms with E-state index in [4.69, 9.17) is 10.2 Å². The standard InChI is InChI=1S/C9H15N3O3S2/c1-17(13,14)8-6-16-3-2-12(8)9-11-7(4-10)5-15-9/h5,8H,2-4,6,10H2,1H3. The molecule has 0 bridgehead atoms. The maximum absolute atomic E-state index is 11.7. The predicted octanol–water partition coefficient (Wildman–Crippen LogP) is 0.0572. The van der Waals surface area contributed by atoms with Gasteiger partial charge in [-0.1, -0.05) is 0 Å². The average molecular weight is 277 g/mol. The SMILES string of the molecule is CS(=O)(=O)C1CSCCN1c1nc(CN)co1. The maximum Gasteiger partial charge on any atom is 0.298 e. The fraction of sp³-hybridized carbons (Fsp3) is 0.667. The lowest BCUT2D eigenvalue weighted by molar-refractivity contribution is 0.522. The number of anilines is 1. The lowest BCUT2D eigenvalue weighted by Gasteiger charge is -2.32. The van der Waals surface area contributed by atoms with Gasteiger partial charge in [-0.15, -0.1) is 0 Å². The summed E-state index contributed by atoms with van der Waals surface area (Å²) in [6.45, 7) is 0.905. The summed E-state index contributed by atoms with van der Waals surface area (Å²) in [7, 11) is -3.15. The van der Waals surface area contributed by atoms with Gasteiger partial charge in [-0.05, 0) is 0 Å². The van der Waals surface area contributed by atoms with Crippen molar-refractivity contribution in [1.82, 2.24) is 4.98 Å². The van der Waals surface area contributed by atoms with Gasteiger partial charge < -0.3 is 15.1 Å². The highest BCUT2D eigenvalue weighted by Gasteiger charge is 2.33. The third-order valence-corrected chi connectivity index (χ3v) is 5.22. The van der Waals surface area contributed by atoms with Crippen molar-refractivity contribution in [2.75, 3.05) is 29.2 Å². The molecule has 0 amide bonds. The molecule has 17 heavy (non-hydrogen) atoms. The van der Waals surface area contributed by atoms with Gasteiger partial charge >= 0.3 is 0 Å². The number of rotatable bonds is 3. The van der Waals surface area contributed by atoms with Gasteiger partial charge in [0.2, 0.25) is 0 Å². The lowest BCUT2D eigenvalue weighted by atomic mass is 10.5. The van der Waals surface area contributed by atoms with Gasteiger partial charge in [-0.3, -0.25) is 0 Å². The molecule has 1 saturated heterocycles. The minimum absolute atomic E-state index is 0.287. The Hall–Kier alpha value is -0.730. The summed E-state index contributed by atoms with van der Waals surface area (Å²) in [4.78, 5) is 5.88. The predicted molar refractivity (Wildman–Crippen MR) is 67.7 cm³/mol. The molecule has 1 unspecified atom stereocenters. The van der Waals surface area contributed by atoms with Gasteiger partial charge in [0.25, 0.3) is 6.01 Å². The van der Waals surface area contributed by atoms with Crippen LogP contribution in [0.25, 0.3) is 0 Å². The smallest absolute Gasteiger partial charge is 0.298 e. The second-order valence-corrected chi connectivity index (χ2v) is 7.23. The van der Waals surface area contributed by atoms with E-state index in [1.807, 2.05) is 0 Å². The van der Waals surface area contributed by atoms with Crippen LogP contribution >= 0.6 is 11.8 Å². The molecule has 1 aromatic rings. The minimum atomic E-state index is -3.15. The molecule has 1 aliphatic heterocycles. The van der Waals surface area contributed by atoms with E-state index in [0.29, 0.717) is 24.0 Å². The Bertz CT molecular complexity index is 485. The van der Waals surface area contributed by atoms with Crippen LogP contribution in [-0.2, 0) is 16.4 Å². The molecule has 0 spiro atoms. The summed E-state index contributed by atoms with van der Waals surface area (Å²) >= 11 is 1.63. The van der Waals surface area contributed by atoms with Crippen molar-refractivity contribution >= 4 is 27.6 Å². The molecule has 2 rings (SSSR count). The third-order valence-electron chi connectivity index (χ3n) is 2.57. The molecule has 0 saturated carbocycles. The van der Waals surface area contributed by atoms with Gasteiger partial charge in [-0.25, -0.2) is 8.42 Å². The Labute approximate surface area is 104 Å². The molecule has 1 fully saturated rings. The number of aromatic nitrogens is 1. The van der Waals surface area contributed by atoms with E-state index in [9.17, 15) is 8.42 Å². The summed E-state index contributed by atoms with van der Waals surface area (Å²) in [6, 6.07) is 0.348. The Morgan fingerprint density at radius 3 is 3.06 bits per heavy atom. The topological polar surface area (TPSA) is 89.4 Å². The number of oxazole rings is 1. The zero-order chi connectivity index (χ0) is 12.5. The summed E-state index contributed by atoms with van der Waals surface area (Å²) in [5.74, 6) is 1.41.